The average Bonchev–Trinajstić information content (AvgIpc) is 3.38. The van der Waals surface area contributed by atoms with Gasteiger partial charge in [-0.3, -0.25) is 4.90 Å². The first-order chi connectivity index (χ1) is 17.0. The fraction of sp³-hybridized carbons (Fsp3) is 0.407. The SMILES string of the molecule is O=S1(=O)c2sccc2C(OCc2ccccc2)CC1CCCN1CCN(c2ccc(O)cc2)CC1. The first kappa shape index (κ1) is 24.3. The number of rotatable bonds is 8. The molecular formula is C27H32N2O4S2. The molecule has 0 bridgehead atoms. The van der Waals surface area contributed by atoms with Crippen molar-refractivity contribution in [2.45, 2.75) is 41.4 Å². The van der Waals surface area contributed by atoms with E-state index in [0.29, 0.717) is 23.7 Å². The summed E-state index contributed by atoms with van der Waals surface area (Å²) in [5.74, 6) is 0.285. The number of aromatic hydroxyl groups is 1. The Balaban J connectivity index is 1.15. The number of anilines is 1. The van der Waals surface area contributed by atoms with E-state index in [1.54, 1.807) is 12.1 Å². The highest BCUT2D eigenvalue weighted by molar-refractivity contribution is 7.94. The van der Waals surface area contributed by atoms with Gasteiger partial charge in [0.2, 0.25) is 0 Å². The maximum Gasteiger partial charge on any atom is 0.191 e. The number of phenols is 1. The van der Waals surface area contributed by atoms with Crippen LogP contribution in [0.5, 0.6) is 5.75 Å². The highest BCUT2D eigenvalue weighted by Crippen LogP contribution is 2.43. The normalized spacial score (nSPS) is 22.1. The van der Waals surface area contributed by atoms with Crippen molar-refractivity contribution in [1.82, 2.24) is 4.90 Å². The van der Waals surface area contributed by atoms with E-state index in [2.05, 4.69) is 9.80 Å². The Morgan fingerprint density at radius 2 is 1.71 bits per heavy atom. The van der Waals surface area contributed by atoms with Gasteiger partial charge in [-0.2, -0.15) is 0 Å². The van der Waals surface area contributed by atoms with Gasteiger partial charge in [-0.25, -0.2) is 8.42 Å². The lowest BCUT2D eigenvalue weighted by Gasteiger charge is -2.36. The van der Waals surface area contributed by atoms with Crippen LogP contribution in [0, 0.1) is 0 Å². The van der Waals surface area contributed by atoms with E-state index in [1.165, 1.54) is 11.3 Å². The molecule has 8 heteroatoms. The van der Waals surface area contributed by atoms with E-state index >= 15 is 0 Å². The number of nitrogens with zero attached hydrogens (tertiary/aromatic N) is 2. The molecule has 2 aromatic carbocycles. The highest BCUT2D eigenvalue weighted by atomic mass is 32.2. The van der Waals surface area contributed by atoms with Crippen molar-refractivity contribution < 1.29 is 18.3 Å². The van der Waals surface area contributed by atoms with Gasteiger partial charge in [-0.1, -0.05) is 30.3 Å². The first-order valence-electron chi connectivity index (χ1n) is 12.2. The summed E-state index contributed by atoms with van der Waals surface area (Å²) < 4.78 is 33.4. The monoisotopic (exact) mass is 512 g/mol. The van der Waals surface area contributed by atoms with Gasteiger partial charge < -0.3 is 14.7 Å². The van der Waals surface area contributed by atoms with Crippen LogP contribution in [0.15, 0.2) is 70.3 Å². The Bertz CT molecular complexity index is 1200. The Morgan fingerprint density at radius 1 is 0.971 bits per heavy atom. The molecule has 2 aliphatic rings. The number of ether oxygens (including phenoxy) is 1. The Hall–Kier alpha value is -2.39. The topological polar surface area (TPSA) is 70.1 Å². The minimum absolute atomic E-state index is 0.182. The summed E-state index contributed by atoms with van der Waals surface area (Å²) in [6.07, 6.45) is 1.85. The molecule has 2 atom stereocenters. The summed E-state index contributed by atoms with van der Waals surface area (Å²) in [4.78, 5) is 4.75. The van der Waals surface area contributed by atoms with Crippen molar-refractivity contribution in [3.63, 3.8) is 0 Å². The van der Waals surface area contributed by atoms with E-state index in [1.807, 2.05) is 53.9 Å². The van der Waals surface area contributed by atoms with Crippen molar-refractivity contribution in [3.8, 4) is 5.75 Å². The molecule has 1 N–H and O–H groups in total. The minimum Gasteiger partial charge on any atom is -0.508 e. The summed E-state index contributed by atoms with van der Waals surface area (Å²) in [7, 11) is -3.32. The zero-order chi connectivity index (χ0) is 24.3. The van der Waals surface area contributed by atoms with Gasteiger partial charge in [0.25, 0.3) is 0 Å². The molecule has 2 aliphatic heterocycles. The van der Waals surface area contributed by atoms with Crippen LogP contribution < -0.4 is 4.90 Å². The predicted octanol–water partition coefficient (Wildman–Crippen LogP) is 4.86. The third-order valence-electron chi connectivity index (χ3n) is 7.06. The molecule has 35 heavy (non-hydrogen) atoms. The molecule has 2 unspecified atom stereocenters. The highest BCUT2D eigenvalue weighted by Gasteiger charge is 2.40. The number of thiophene rings is 1. The molecule has 1 saturated heterocycles. The van der Waals surface area contributed by atoms with Gasteiger partial charge in [0.05, 0.1) is 18.0 Å². The largest absolute Gasteiger partial charge is 0.508 e. The van der Waals surface area contributed by atoms with Crippen LogP contribution in [0.2, 0.25) is 0 Å². The zero-order valence-electron chi connectivity index (χ0n) is 19.8. The Kier molecular flexibility index (Phi) is 7.43. The second-order valence-electron chi connectivity index (χ2n) is 9.34. The summed E-state index contributed by atoms with van der Waals surface area (Å²) in [6.45, 7) is 5.16. The lowest BCUT2D eigenvalue weighted by Crippen LogP contribution is -2.46. The fourth-order valence-electron chi connectivity index (χ4n) is 5.06. The lowest BCUT2D eigenvalue weighted by atomic mass is 10.0. The van der Waals surface area contributed by atoms with E-state index in [9.17, 15) is 13.5 Å². The molecular weight excluding hydrogens is 480 g/mol. The number of phenolic OH excluding ortho intramolecular Hbond substituents is 1. The van der Waals surface area contributed by atoms with Gasteiger partial charge >= 0.3 is 0 Å². The number of fused-ring (bicyclic) bond motifs is 1. The van der Waals surface area contributed by atoms with Crippen molar-refractivity contribution >= 4 is 26.9 Å². The number of piperazine rings is 1. The smallest absolute Gasteiger partial charge is 0.191 e. The van der Waals surface area contributed by atoms with Crippen LogP contribution in [-0.2, 0) is 21.2 Å². The van der Waals surface area contributed by atoms with Gasteiger partial charge in [-0.05, 0) is 67.1 Å². The lowest BCUT2D eigenvalue weighted by molar-refractivity contribution is 0.0294. The second kappa shape index (κ2) is 10.7. The molecule has 3 aromatic rings. The average molecular weight is 513 g/mol. The third-order valence-corrected chi connectivity index (χ3v) is 10.8. The molecule has 0 spiro atoms. The molecule has 0 aliphatic carbocycles. The molecule has 1 fully saturated rings. The van der Waals surface area contributed by atoms with Crippen LogP contribution in [0.25, 0.3) is 0 Å². The standard InChI is InChI=1S/C27H32N2O4S2/c30-23-10-8-22(9-11-23)29-16-14-28(15-17-29)13-4-7-24-19-26(33-20-21-5-2-1-3-6-21)25-12-18-34-27(25)35(24,31)32/h1-3,5-6,8-12,18,24,26,30H,4,7,13-17,19-20H2. The minimum atomic E-state index is -3.32. The summed E-state index contributed by atoms with van der Waals surface area (Å²) >= 11 is 1.32. The van der Waals surface area contributed by atoms with E-state index < -0.39 is 15.1 Å². The zero-order valence-corrected chi connectivity index (χ0v) is 21.4. The van der Waals surface area contributed by atoms with Crippen LogP contribution in [-0.4, -0.2) is 56.4 Å². The number of hydrogen-bond acceptors (Lipinski definition) is 7. The molecule has 1 aromatic heterocycles. The number of hydrogen-bond donors (Lipinski definition) is 1. The van der Waals surface area contributed by atoms with Crippen LogP contribution in [0.4, 0.5) is 5.69 Å². The van der Waals surface area contributed by atoms with Gasteiger partial charge in [0, 0.05) is 37.4 Å². The van der Waals surface area contributed by atoms with Crippen molar-refractivity contribution in [2.75, 3.05) is 37.6 Å². The molecule has 186 valence electrons. The maximum absolute atomic E-state index is 13.3. The van der Waals surface area contributed by atoms with Crippen molar-refractivity contribution in [2.24, 2.45) is 0 Å². The van der Waals surface area contributed by atoms with Crippen molar-refractivity contribution in [3.05, 3.63) is 77.2 Å². The number of benzene rings is 2. The molecule has 3 heterocycles. The molecule has 0 saturated carbocycles. The predicted molar refractivity (Wildman–Crippen MR) is 140 cm³/mol. The van der Waals surface area contributed by atoms with Crippen molar-refractivity contribution in [1.29, 1.82) is 0 Å². The first-order valence-corrected chi connectivity index (χ1v) is 14.7. The van der Waals surface area contributed by atoms with E-state index in [0.717, 1.165) is 56.0 Å². The Labute approximate surface area is 211 Å². The van der Waals surface area contributed by atoms with Crippen LogP contribution in [0.3, 0.4) is 0 Å². The second-order valence-corrected chi connectivity index (χ2v) is 12.7. The van der Waals surface area contributed by atoms with Gasteiger partial charge in [-0.15, -0.1) is 11.3 Å². The molecule has 0 radical (unpaired) electrons. The van der Waals surface area contributed by atoms with E-state index in [4.69, 9.17) is 4.74 Å². The fourth-order valence-corrected chi connectivity index (χ4v) is 8.58. The van der Waals surface area contributed by atoms with Crippen LogP contribution in [0.1, 0.15) is 36.5 Å². The summed E-state index contributed by atoms with van der Waals surface area (Å²) in [5.41, 5.74) is 3.05. The molecule has 6 nitrogen and oxygen atoms in total. The van der Waals surface area contributed by atoms with Crippen LogP contribution >= 0.6 is 11.3 Å². The molecule has 0 amide bonds. The quantitative estimate of drug-likeness (QED) is 0.465. The van der Waals surface area contributed by atoms with Gasteiger partial charge in [0.15, 0.2) is 9.84 Å². The molecule has 5 rings (SSSR count). The maximum atomic E-state index is 13.3. The summed E-state index contributed by atoms with van der Waals surface area (Å²) in [5, 5.41) is 11.0. The summed E-state index contributed by atoms with van der Waals surface area (Å²) in [6, 6.07) is 19.3. The number of sulfone groups is 1. The third kappa shape index (κ3) is 5.56. The van der Waals surface area contributed by atoms with E-state index in [-0.39, 0.29) is 11.9 Å². The Morgan fingerprint density at radius 3 is 2.46 bits per heavy atom. The van der Waals surface area contributed by atoms with Gasteiger partial charge in [0.1, 0.15) is 9.96 Å².